The minimum Gasteiger partial charge on any atom is -0.381 e. The number of nitrogens with one attached hydrogen (secondary N) is 1. The molecule has 20 heavy (non-hydrogen) atoms. The first-order valence-corrected chi connectivity index (χ1v) is 6.20. The second-order valence-electron chi connectivity index (χ2n) is 4.50. The summed E-state index contributed by atoms with van der Waals surface area (Å²) in [6.07, 6.45) is 2.82. The summed E-state index contributed by atoms with van der Waals surface area (Å²) in [6, 6.07) is 1.99. The summed E-state index contributed by atoms with van der Waals surface area (Å²) in [6.45, 7) is 1.18. The Balaban J connectivity index is 1.96. The van der Waals surface area contributed by atoms with E-state index in [9.17, 15) is 0 Å². The molecule has 2 aromatic rings. The van der Waals surface area contributed by atoms with Crippen molar-refractivity contribution in [1.82, 2.24) is 20.3 Å². The monoisotopic (exact) mass is 275 g/mol. The molecule has 0 radical (unpaired) electrons. The van der Waals surface area contributed by atoms with Crippen molar-refractivity contribution in [1.29, 1.82) is 5.26 Å². The zero-order valence-corrected chi connectivity index (χ0v) is 10.9. The number of aromatic nitrogens is 4. The van der Waals surface area contributed by atoms with Crippen molar-refractivity contribution >= 4 is 0 Å². The molecule has 0 spiro atoms. The minimum atomic E-state index is -0.587. The summed E-state index contributed by atoms with van der Waals surface area (Å²) in [4.78, 5) is 4.36. The van der Waals surface area contributed by atoms with Gasteiger partial charge in [-0.15, -0.1) is 0 Å². The second-order valence-corrected chi connectivity index (χ2v) is 4.50. The summed E-state index contributed by atoms with van der Waals surface area (Å²) in [5.41, 5.74) is 0.194. The highest BCUT2D eigenvalue weighted by Crippen LogP contribution is 2.34. The quantitative estimate of drug-likeness (QED) is 0.888. The van der Waals surface area contributed by atoms with Gasteiger partial charge in [0.2, 0.25) is 5.82 Å². The highest BCUT2D eigenvalue weighted by atomic mass is 16.5. The minimum absolute atomic E-state index is 0.258. The molecule has 1 N–H and O–H groups in total. The number of rotatable bonds is 3. The van der Waals surface area contributed by atoms with Crippen LogP contribution in [0.4, 0.5) is 0 Å². The Kier molecular flexibility index (Phi) is 3.22. The van der Waals surface area contributed by atoms with Gasteiger partial charge in [0.15, 0.2) is 0 Å². The molecule has 0 saturated carbocycles. The fraction of sp³-hybridized carbons (Fsp3) is 0.500. The molecule has 3 rings (SSSR count). The number of aromatic amines is 1. The molecule has 0 bridgehead atoms. The molecule has 0 unspecified atom stereocenters. The van der Waals surface area contributed by atoms with E-state index in [0.717, 1.165) is 0 Å². The summed E-state index contributed by atoms with van der Waals surface area (Å²) < 4.78 is 16.2. The van der Waals surface area contributed by atoms with Gasteiger partial charge in [-0.25, -0.2) is 0 Å². The maximum atomic E-state index is 8.97. The van der Waals surface area contributed by atoms with Crippen LogP contribution in [-0.2, 0) is 15.1 Å². The average molecular weight is 275 g/mol. The maximum absolute atomic E-state index is 8.97. The Bertz CT molecular complexity index is 636. The molecule has 0 amide bonds. The van der Waals surface area contributed by atoms with Crippen LogP contribution in [-0.4, -0.2) is 40.7 Å². The number of H-pyrrole nitrogens is 1. The lowest BCUT2D eigenvalue weighted by Crippen LogP contribution is -2.36. The van der Waals surface area contributed by atoms with E-state index >= 15 is 0 Å². The van der Waals surface area contributed by atoms with Gasteiger partial charge >= 0.3 is 0 Å². The summed E-state index contributed by atoms with van der Waals surface area (Å²) >= 11 is 0. The highest BCUT2D eigenvalue weighted by molar-refractivity contribution is 5.59. The molecule has 1 aliphatic heterocycles. The third-order valence-electron chi connectivity index (χ3n) is 3.51. The Hall–Kier alpha value is -2.24. The average Bonchev–Trinajstić information content (AvgIpc) is 3.16. The first kappa shape index (κ1) is 12.8. The molecule has 0 aromatic carbocycles. The largest absolute Gasteiger partial charge is 0.381 e. The molecule has 8 nitrogen and oxygen atoms in total. The summed E-state index contributed by atoms with van der Waals surface area (Å²) in [5.74, 6) is 0.733. The standard InChI is InChI=1S/C12H13N5O3/c1-18-12(2-4-19-5-3-12)11-15-10(20-17-11)8-7-14-16-9(8)6-13/h7H,2-5H2,1H3,(H,14,16). The number of hydrogen-bond acceptors (Lipinski definition) is 7. The maximum Gasteiger partial charge on any atom is 0.262 e. The Morgan fingerprint density at radius 3 is 2.95 bits per heavy atom. The Labute approximate surface area is 114 Å². The third-order valence-corrected chi connectivity index (χ3v) is 3.51. The molecule has 1 fully saturated rings. The summed E-state index contributed by atoms with van der Waals surface area (Å²) in [5, 5.41) is 19.3. The fourth-order valence-electron chi connectivity index (χ4n) is 2.27. The topological polar surface area (TPSA) is 110 Å². The van der Waals surface area contributed by atoms with E-state index in [-0.39, 0.29) is 5.89 Å². The molecule has 0 aliphatic carbocycles. The third kappa shape index (κ3) is 1.97. The van der Waals surface area contributed by atoms with Gasteiger partial charge in [0.1, 0.15) is 17.4 Å². The lowest BCUT2D eigenvalue weighted by atomic mass is 9.93. The van der Waals surface area contributed by atoms with Gasteiger partial charge in [-0.05, 0) is 0 Å². The predicted octanol–water partition coefficient (Wildman–Crippen LogP) is 0.983. The first-order valence-electron chi connectivity index (χ1n) is 6.20. The van der Waals surface area contributed by atoms with Crippen molar-refractivity contribution in [3.05, 3.63) is 17.7 Å². The normalized spacial score (nSPS) is 17.8. The lowest BCUT2D eigenvalue weighted by molar-refractivity contribution is -0.101. The van der Waals surface area contributed by atoms with Gasteiger partial charge in [0.25, 0.3) is 5.89 Å². The van der Waals surface area contributed by atoms with Crippen molar-refractivity contribution in [2.75, 3.05) is 20.3 Å². The number of nitrogens with zero attached hydrogens (tertiary/aromatic N) is 4. The van der Waals surface area contributed by atoms with E-state index in [2.05, 4.69) is 20.3 Å². The Morgan fingerprint density at radius 1 is 1.45 bits per heavy atom. The molecule has 0 atom stereocenters. The van der Waals surface area contributed by atoms with Gasteiger partial charge < -0.3 is 14.0 Å². The van der Waals surface area contributed by atoms with Crippen LogP contribution < -0.4 is 0 Å². The van der Waals surface area contributed by atoms with Gasteiger partial charge in [-0.3, -0.25) is 5.10 Å². The molecule has 1 saturated heterocycles. The molecular formula is C12H13N5O3. The second kappa shape index (κ2) is 5.03. The number of methoxy groups -OCH3 is 1. The lowest BCUT2D eigenvalue weighted by Gasteiger charge is -2.32. The summed E-state index contributed by atoms with van der Waals surface area (Å²) in [7, 11) is 1.62. The van der Waals surface area contributed by atoms with E-state index in [0.29, 0.717) is 43.1 Å². The number of nitriles is 1. The van der Waals surface area contributed by atoms with E-state index < -0.39 is 5.60 Å². The van der Waals surface area contributed by atoms with Gasteiger partial charge in [-0.1, -0.05) is 5.16 Å². The van der Waals surface area contributed by atoms with E-state index in [1.54, 1.807) is 7.11 Å². The number of ether oxygens (including phenoxy) is 2. The van der Waals surface area contributed by atoms with Gasteiger partial charge in [-0.2, -0.15) is 15.3 Å². The van der Waals surface area contributed by atoms with Crippen molar-refractivity contribution in [2.45, 2.75) is 18.4 Å². The van der Waals surface area contributed by atoms with Crippen molar-refractivity contribution in [2.24, 2.45) is 0 Å². The zero-order chi connectivity index (χ0) is 14.0. The first-order chi connectivity index (χ1) is 9.79. The van der Waals surface area contributed by atoms with E-state index in [1.807, 2.05) is 6.07 Å². The molecule has 3 heterocycles. The van der Waals surface area contributed by atoms with Crippen LogP contribution >= 0.6 is 0 Å². The highest BCUT2D eigenvalue weighted by Gasteiger charge is 2.39. The van der Waals surface area contributed by atoms with E-state index in [4.69, 9.17) is 19.3 Å². The van der Waals surface area contributed by atoms with Crippen LogP contribution in [0.3, 0.4) is 0 Å². The van der Waals surface area contributed by atoms with Gasteiger partial charge in [0.05, 0.1) is 11.8 Å². The van der Waals surface area contributed by atoms with Crippen LogP contribution in [0.2, 0.25) is 0 Å². The van der Waals surface area contributed by atoms with Crippen LogP contribution in [0.25, 0.3) is 11.5 Å². The van der Waals surface area contributed by atoms with E-state index in [1.165, 1.54) is 6.20 Å². The van der Waals surface area contributed by atoms with Gasteiger partial charge in [0, 0.05) is 33.2 Å². The van der Waals surface area contributed by atoms with Crippen LogP contribution in [0.15, 0.2) is 10.7 Å². The van der Waals surface area contributed by atoms with Crippen molar-refractivity contribution in [3.63, 3.8) is 0 Å². The Morgan fingerprint density at radius 2 is 2.25 bits per heavy atom. The molecule has 8 heteroatoms. The zero-order valence-electron chi connectivity index (χ0n) is 10.9. The van der Waals surface area contributed by atoms with Crippen LogP contribution in [0, 0.1) is 11.3 Å². The van der Waals surface area contributed by atoms with Crippen molar-refractivity contribution < 1.29 is 14.0 Å². The van der Waals surface area contributed by atoms with Crippen LogP contribution in [0.5, 0.6) is 0 Å². The van der Waals surface area contributed by atoms with Crippen molar-refractivity contribution in [3.8, 4) is 17.5 Å². The number of hydrogen-bond donors (Lipinski definition) is 1. The fourth-order valence-corrected chi connectivity index (χ4v) is 2.27. The molecule has 104 valence electrons. The van der Waals surface area contributed by atoms with Crippen LogP contribution in [0.1, 0.15) is 24.4 Å². The molecule has 2 aromatic heterocycles. The SMILES string of the molecule is COC1(c2noc(-c3cn[nH]c3C#N)n2)CCOCC1. The predicted molar refractivity (Wildman–Crippen MR) is 65.3 cm³/mol. The smallest absolute Gasteiger partial charge is 0.262 e. The molecular weight excluding hydrogens is 262 g/mol. The molecule has 1 aliphatic rings.